The molecular weight excluding hydrogens is 575 g/mol. The van der Waals surface area contributed by atoms with Crippen molar-refractivity contribution in [2.45, 2.75) is 13.1 Å². The number of aromatic nitrogens is 2. The van der Waals surface area contributed by atoms with Crippen LogP contribution in [0.4, 0.5) is 0 Å². The van der Waals surface area contributed by atoms with E-state index in [1.165, 1.54) is 5.56 Å². The third-order valence-electron chi connectivity index (χ3n) is 5.10. The van der Waals surface area contributed by atoms with Gasteiger partial charge in [-0.3, -0.25) is 4.98 Å². The molecule has 0 fully saturated rings. The summed E-state index contributed by atoms with van der Waals surface area (Å²) in [6.07, 6.45) is 5.93. The van der Waals surface area contributed by atoms with Gasteiger partial charge < -0.3 is 4.57 Å². The quantitative estimate of drug-likeness (QED) is 0.235. The Bertz CT molecular complexity index is 1210. The van der Waals surface area contributed by atoms with E-state index in [2.05, 4.69) is 51.0 Å². The van der Waals surface area contributed by atoms with Gasteiger partial charge in [-0.05, 0) is 6.92 Å². The van der Waals surface area contributed by atoms with Gasteiger partial charge in [-0.2, -0.15) is 30.3 Å². The third kappa shape index (κ3) is 5.38. The van der Waals surface area contributed by atoms with Crippen LogP contribution in [-0.2, 0) is 28.1 Å². The van der Waals surface area contributed by atoms with Crippen LogP contribution in [0.3, 0.4) is 0 Å². The molecule has 2 heterocycles. The number of hydrogen-bond acceptors (Lipinski definition) is 2. The molecule has 0 amide bonds. The molecule has 4 nitrogen and oxygen atoms in total. The normalized spacial score (nSPS) is 14.5. The van der Waals surface area contributed by atoms with E-state index in [1.807, 2.05) is 92.7 Å². The summed E-state index contributed by atoms with van der Waals surface area (Å²) < 4.78 is 4.11. The number of aliphatic imine (C=N–C) groups is 1. The molecule has 0 saturated carbocycles. The maximum atomic E-state index is 4.50. The van der Waals surface area contributed by atoms with Gasteiger partial charge in [0.1, 0.15) is 12.8 Å². The SMILES string of the molecule is CC1=NC(c2[c-]cccc2)[N+](C)=C1.Cn1ccnc1-c1[c-]cccc1-c1ccccc1.[Pt+2]. The van der Waals surface area contributed by atoms with E-state index in [0.29, 0.717) is 0 Å². The minimum Gasteiger partial charge on any atom is -0.373 e. The zero-order valence-electron chi connectivity index (χ0n) is 18.3. The van der Waals surface area contributed by atoms with Gasteiger partial charge in [0.05, 0.1) is 5.82 Å². The molecule has 1 aliphatic heterocycles. The predicted molar refractivity (Wildman–Crippen MR) is 126 cm³/mol. The van der Waals surface area contributed by atoms with Gasteiger partial charge in [0.15, 0.2) is 6.21 Å². The van der Waals surface area contributed by atoms with E-state index in [-0.39, 0.29) is 27.2 Å². The van der Waals surface area contributed by atoms with Gasteiger partial charge in [0, 0.05) is 19.4 Å². The molecule has 32 heavy (non-hydrogen) atoms. The first-order valence-corrected chi connectivity index (χ1v) is 10.2. The van der Waals surface area contributed by atoms with Crippen LogP contribution in [0, 0.1) is 12.1 Å². The summed E-state index contributed by atoms with van der Waals surface area (Å²) in [6, 6.07) is 30.8. The van der Waals surface area contributed by atoms with E-state index in [9.17, 15) is 0 Å². The summed E-state index contributed by atoms with van der Waals surface area (Å²) in [5, 5.41) is 0. The van der Waals surface area contributed by atoms with Crippen molar-refractivity contribution in [2.75, 3.05) is 7.05 Å². The molecule has 162 valence electrons. The number of benzene rings is 3. The molecule has 5 heteroatoms. The second kappa shape index (κ2) is 11.0. The first-order chi connectivity index (χ1) is 15.1. The van der Waals surface area contributed by atoms with Gasteiger partial charge in [0.2, 0.25) is 6.17 Å². The molecule has 0 aliphatic carbocycles. The van der Waals surface area contributed by atoms with E-state index in [1.54, 1.807) is 0 Å². The topological polar surface area (TPSA) is 33.2 Å². The van der Waals surface area contributed by atoms with Crippen molar-refractivity contribution >= 4 is 11.9 Å². The molecular formula is C27H25N4Pt+. The van der Waals surface area contributed by atoms with Crippen LogP contribution in [0.25, 0.3) is 22.5 Å². The number of aryl methyl sites for hydroxylation is 1. The first-order valence-electron chi connectivity index (χ1n) is 10.2. The van der Waals surface area contributed by atoms with Crippen molar-refractivity contribution in [1.82, 2.24) is 9.55 Å². The maximum absolute atomic E-state index is 4.50. The predicted octanol–water partition coefficient (Wildman–Crippen LogP) is 5.22. The average Bonchev–Trinajstić information content (AvgIpc) is 3.39. The molecule has 1 aliphatic rings. The van der Waals surface area contributed by atoms with Crippen molar-refractivity contribution in [3.05, 3.63) is 103 Å². The summed E-state index contributed by atoms with van der Waals surface area (Å²) in [7, 11) is 4.03. The van der Waals surface area contributed by atoms with E-state index >= 15 is 0 Å². The summed E-state index contributed by atoms with van der Waals surface area (Å²) in [5.74, 6) is 0.939. The number of nitrogens with zero attached hydrogens (tertiary/aromatic N) is 4. The van der Waals surface area contributed by atoms with Crippen molar-refractivity contribution in [1.29, 1.82) is 0 Å². The smallest absolute Gasteiger partial charge is 0.373 e. The standard InChI is InChI=1S/C16H13N2.C11H12N2.Pt/c1-18-12-11-17-16(18)15-10-6-5-9-14(15)13-7-3-2-4-8-13;1-9-8-13(2)11(12-9)10-6-4-3-5-7-10;/h2-9,11-12H,1H3;3-6,8,11H,1-2H3;/q-1;;+2. The molecule has 3 aromatic carbocycles. The molecule has 0 N–H and O–H groups in total. The van der Waals surface area contributed by atoms with Crippen LogP contribution in [0.5, 0.6) is 0 Å². The van der Waals surface area contributed by atoms with Crippen molar-refractivity contribution in [3.63, 3.8) is 0 Å². The molecule has 5 rings (SSSR count). The van der Waals surface area contributed by atoms with Gasteiger partial charge in [0.25, 0.3) is 0 Å². The minimum absolute atomic E-state index is 0. The Morgan fingerprint density at radius 3 is 2.31 bits per heavy atom. The molecule has 4 aromatic rings. The average molecular weight is 601 g/mol. The Kier molecular flexibility index (Phi) is 8.08. The Morgan fingerprint density at radius 1 is 0.938 bits per heavy atom. The summed E-state index contributed by atoms with van der Waals surface area (Å²) >= 11 is 0. The maximum Gasteiger partial charge on any atom is 2.00 e. The van der Waals surface area contributed by atoms with Crippen LogP contribution >= 0.6 is 0 Å². The third-order valence-corrected chi connectivity index (χ3v) is 5.10. The van der Waals surface area contributed by atoms with E-state index < -0.39 is 0 Å². The second-order valence-electron chi connectivity index (χ2n) is 7.44. The van der Waals surface area contributed by atoms with Crippen molar-refractivity contribution < 1.29 is 25.6 Å². The second-order valence-corrected chi connectivity index (χ2v) is 7.44. The zero-order chi connectivity index (χ0) is 21.6. The van der Waals surface area contributed by atoms with Crippen LogP contribution in [0.2, 0.25) is 0 Å². The fourth-order valence-corrected chi connectivity index (χ4v) is 3.63. The van der Waals surface area contributed by atoms with Crippen LogP contribution in [0.1, 0.15) is 18.7 Å². The first kappa shape index (κ1) is 23.6. The Morgan fingerprint density at radius 2 is 1.69 bits per heavy atom. The zero-order valence-corrected chi connectivity index (χ0v) is 20.6. The number of rotatable bonds is 3. The fourth-order valence-electron chi connectivity index (χ4n) is 3.63. The van der Waals surface area contributed by atoms with Gasteiger partial charge in [-0.1, -0.05) is 47.0 Å². The Labute approximate surface area is 204 Å². The van der Waals surface area contributed by atoms with E-state index in [0.717, 1.165) is 28.2 Å². The molecule has 1 aromatic heterocycles. The Balaban J connectivity index is 0.000000184. The van der Waals surface area contributed by atoms with Gasteiger partial charge in [-0.25, -0.2) is 9.57 Å². The molecule has 0 saturated heterocycles. The van der Waals surface area contributed by atoms with Crippen LogP contribution < -0.4 is 0 Å². The monoisotopic (exact) mass is 600 g/mol. The molecule has 0 radical (unpaired) electrons. The van der Waals surface area contributed by atoms with Crippen LogP contribution in [-0.4, -0.2) is 33.1 Å². The van der Waals surface area contributed by atoms with E-state index in [4.69, 9.17) is 0 Å². The van der Waals surface area contributed by atoms with Crippen molar-refractivity contribution in [2.24, 2.45) is 12.0 Å². The summed E-state index contributed by atoms with van der Waals surface area (Å²) in [4.78, 5) is 8.90. The van der Waals surface area contributed by atoms with Crippen molar-refractivity contribution in [3.8, 4) is 22.5 Å². The molecule has 0 spiro atoms. The molecule has 0 bridgehead atoms. The van der Waals surface area contributed by atoms with Crippen LogP contribution in [0.15, 0.2) is 90.2 Å². The fraction of sp³-hybridized carbons (Fsp3) is 0.148. The Hall–Kier alpha value is -3.10. The number of hydrogen-bond donors (Lipinski definition) is 0. The summed E-state index contributed by atoms with van der Waals surface area (Å²) in [6.45, 7) is 2.01. The van der Waals surface area contributed by atoms with Gasteiger partial charge in [-0.15, -0.1) is 29.8 Å². The number of imidazole rings is 1. The molecule has 1 atom stereocenters. The summed E-state index contributed by atoms with van der Waals surface area (Å²) in [5.41, 5.74) is 5.58. The largest absolute Gasteiger partial charge is 2.00 e. The van der Waals surface area contributed by atoms with Gasteiger partial charge >= 0.3 is 21.1 Å². The molecule has 1 unspecified atom stereocenters. The minimum atomic E-state index is 0.